The summed E-state index contributed by atoms with van der Waals surface area (Å²) in [6.07, 6.45) is 11.7. The Morgan fingerprint density at radius 3 is 2.46 bits per heavy atom. The number of hydrogen-bond acceptors (Lipinski definition) is 8. The molecule has 0 radical (unpaired) electrons. The maximum absolute atomic E-state index is 13.3. The van der Waals surface area contributed by atoms with Gasteiger partial charge in [0.25, 0.3) is 0 Å². The van der Waals surface area contributed by atoms with Gasteiger partial charge in [0.2, 0.25) is 0 Å². The van der Waals surface area contributed by atoms with Gasteiger partial charge in [-0.05, 0) is 79.2 Å². The summed E-state index contributed by atoms with van der Waals surface area (Å²) in [5, 5.41) is 8.81. The highest BCUT2D eigenvalue weighted by Gasteiger charge is 2.28. The lowest BCUT2D eigenvalue weighted by Gasteiger charge is -2.40. The van der Waals surface area contributed by atoms with Crippen molar-refractivity contribution < 1.29 is 9.30 Å². The number of hydrogen-bond donors (Lipinski definition) is 1. The Morgan fingerprint density at radius 1 is 1.07 bits per heavy atom. The lowest BCUT2D eigenvalue weighted by molar-refractivity contribution is 0.187. The Bertz CT molecular complexity index is 1770. The average molecular weight is 707 g/mol. The summed E-state index contributed by atoms with van der Waals surface area (Å²) in [6.45, 7) is 11.8. The van der Waals surface area contributed by atoms with Gasteiger partial charge in [-0.3, -0.25) is 9.58 Å². The molecule has 2 aromatic carbocycles. The van der Waals surface area contributed by atoms with Gasteiger partial charge < -0.3 is 19.5 Å². The number of piperazine rings is 1. The van der Waals surface area contributed by atoms with Crippen LogP contribution >= 0.6 is 23.1 Å². The molecule has 2 fully saturated rings. The minimum absolute atomic E-state index is 0.480. The number of methoxy groups -OCH3 is 1. The van der Waals surface area contributed by atoms with E-state index in [0.29, 0.717) is 18.1 Å². The molecule has 0 bridgehead atoms. The molecule has 1 saturated carbocycles. The van der Waals surface area contributed by atoms with Crippen molar-refractivity contribution in [3.05, 3.63) is 69.8 Å². The number of ether oxygens (including phenoxy) is 1. The van der Waals surface area contributed by atoms with Crippen molar-refractivity contribution in [2.45, 2.75) is 52.0 Å². The van der Waals surface area contributed by atoms with Crippen LogP contribution in [0.2, 0.25) is 0 Å². The second-order valence-corrected chi connectivity index (χ2v) is 17.1. The molecule has 4 aromatic rings. The first-order valence-electron chi connectivity index (χ1n) is 16.1. The number of nitrogens with zero attached hydrogens (tertiary/aromatic N) is 6. The summed E-state index contributed by atoms with van der Waals surface area (Å²) in [5.74, 6) is 2.10. The smallest absolute Gasteiger partial charge is 0.148 e. The zero-order valence-corrected chi connectivity index (χ0v) is 30.3. The first kappa shape index (κ1) is 32.7. The van der Waals surface area contributed by atoms with Crippen LogP contribution in [0.3, 0.4) is 0 Å². The Hall–Kier alpha value is -3.20. The fourth-order valence-corrected chi connectivity index (χ4v) is 9.05. The minimum Gasteiger partial charge on any atom is -0.496 e. The molecule has 0 amide bonds. The second-order valence-electron chi connectivity index (χ2n) is 13.1. The fourth-order valence-electron chi connectivity index (χ4n) is 7.06. The summed E-state index contributed by atoms with van der Waals surface area (Å²) < 4.78 is 21.9. The number of halogens is 1. The van der Waals surface area contributed by atoms with Gasteiger partial charge in [-0.1, -0.05) is 18.9 Å². The molecule has 9 nitrogen and oxygen atoms in total. The first-order valence-corrected chi connectivity index (χ1v) is 19.5. The predicted octanol–water partition coefficient (Wildman–Crippen LogP) is 6.91. The number of rotatable bonds is 9. The molecule has 1 aliphatic heterocycles. The second kappa shape index (κ2) is 13.5. The van der Waals surface area contributed by atoms with Gasteiger partial charge in [0.1, 0.15) is 24.5 Å². The van der Waals surface area contributed by atoms with E-state index < -0.39 is 7.14 Å². The molecule has 1 aliphatic carbocycles. The molecule has 46 heavy (non-hydrogen) atoms. The number of aromatic nitrogens is 4. The Labute approximate surface area is 281 Å². The summed E-state index contributed by atoms with van der Waals surface area (Å²) in [5.41, 5.74) is 7.33. The SMILES string of the molecule is COc1cc(N2CCN(C3CCCC3)CC2)c(-c2cnn(C)c2)cc1Cc1ncc(Br)c(Nc2ccc(C)c(C)c2P(C)(C)=O)n1. The van der Waals surface area contributed by atoms with Crippen LogP contribution in [0.1, 0.15) is 48.2 Å². The van der Waals surface area contributed by atoms with Crippen molar-refractivity contribution in [3.63, 3.8) is 0 Å². The van der Waals surface area contributed by atoms with Gasteiger partial charge in [0, 0.05) is 91.8 Å². The fraction of sp³-hybridized carbons (Fsp3) is 0.457. The van der Waals surface area contributed by atoms with Crippen LogP contribution in [-0.2, 0) is 18.0 Å². The van der Waals surface area contributed by atoms with E-state index in [4.69, 9.17) is 9.72 Å². The highest BCUT2D eigenvalue weighted by molar-refractivity contribution is 9.10. The molecule has 0 unspecified atom stereocenters. The van der Waals surface area contributed by atoms with Gasteiger partial charge in [-0.25, -0.2) is 9.97 Å². The van der Waals surface area contributed by atoms with E-state index in [1.807, 2.05) is 57.2 Å². The molecular weight excluding hydrogens is 661 g/mol. The molecule has 6 rings (SSSR count). The molecule has 11 heteroatoms. The van der Waals surface area contributed by atoms with Gasteiger partial charge in [-0.15, -0.1) is 0 Å². The van der Waals surface area contributed by atoms with Gasteiger partial charge in [0.05, 0.1) is 23.5 Å². The molecule has 1 saturated heterocycles. The third-order valence-electron chi connectivity index (χ3n) is 9.55. The average Bonchev–Trinajstić information content (AvgIpc) is 3.72. The van der Waals surface area contributed by atoms with Crippen molar-refractivity contribution in [2.75, 3.05) is 56.8 Å². The van der Waals surface area contributed by atoms with Crippen molar-refractivity contribution >= 4 is 45.6 Å². The van der Waals surface area contributed by atoms with Gasteiger partial charge in [-0.2, -0.15) is 5.10 Å². The van der Waals surface area contributed by atoms with E-state index in [9.17, 15) is 4.57 Å². The van der Waals surface area contributed by atoms with Crippen LogP contribution in [0, 0.1) is 13.8 Å². The van der Waals surface area contributed by atoms with Gasteiger partial charge >= 0.3 is 0 Å². The maximum atomic E-state index is 13.3. The Kier molecular flexibility index (Phi) is 9.60. The molecule has 244 valence electrons. The third-order valence-corrected chi connectivity index (χ3v) is 11.8. The van der Waals surface area contributed by atoms with Crippen LogP contribution in [-0.4, -0.2) is 77.3 Å². The van der Waals surface area contributed by atoms with Crippen LogP contribution in [0.25, 0.3) is 11.1 Å². The molecule has 1 N–H and O–H groups in total. The van der Waals surface area contributed by atoms with E-state index in [2.05, 4.69) is 59.5 Å². The van der Waals surface area contributed by atoms with Crippen LogP contribution < -0.4 is 20.3 Å². The number of benzene rings is 2. The summed E-state index contributed by atoms with van der Waals surface area (Å²) >= 11 is 3.63. The summed E-state index contributed by atoms with van der Waals surface area (Å²) in [6, 6.07) is 9.19. The van der Waals surface area contributed by atoms with Gasteiger partial charge in [0.15, 0.2) is 0 Å². The lowest BCUT2D eigenvalue weighted by Crippen LogP contribution is -2.49. The monoisotopic (exact) mass is 705 g/mol. The van der Waals surface area contributed by atoms with Crippen molar-refractivity contribution in [1.82, 2.24) is 24.6 Å². The number of anilines is 3. The largest absolute Gasteiger partial charge is 0.496 e. The highest BCUT2D eigenvalue weighted by atomic mass is 79.9. The van der Waals surface area contributed by atoms with Crippen molar-refractivity contribution in [1.29, 1.82) is 0 Å². The third kappa shape index (κ3) is 6.90. The Balaban J connectivity index is 1.32. The number of nitrogens with one attached hydrogen (secondary N) is 1. The zero-order valence-electron chi connectivity index (χ0n) is 27.8. The van der Waals surface area contributed by atoms with Crippen LogP contribution in [0.15, 0.2) is 47.3 Å². The van der Waals surface area contributed by atoms with E-state index in [0.717, 1.165) is 81.3 Å². The predicted molar refractivity (Wildman–Crippen MR) is 192 cm³/mol. The van der Waals surface area contributed by atoms with E-state index in [-0.39, 0.29) is 0 Å². The van der Waals surface area contributed by atoms with Crippen LogP contribution in [0.5, 0.6) is 5.75 Å². The van der Waals surface area contributed by atoms with Crippen LogP contribution in [0.4, 0.5) is 17.2 Å². The topological polar surface area (TPSA) is 88.4 Å². The van der Waals surface area contributed by atoms with Crippen molar-refractivity contribution in [2.24, 2.45) is 7.05 Å². The summed E-state index contributed by atoms with van der Waals surface area (Å²) in [4.78, 5) is 14.8. The maximum Gasteiger partial charge on any atom is 0.148 e. The molecular formula is C35H45BrN7O2P. The Morgan fingerprint density at radius 2 is 1.80 bits per heavy atom. The summed E-state index contributed by atoms with van der Waals surface area (Å²) in [7, 11) is 1.12. The first-order chi connectivity index (χ1) is 22.0. The standard InChI is InChI=1S/C35H45BrN7O2P/c1-23-11-12-30(34(24(23)2)46(5,6)44)39-35-29(36)21-37-33(40-35)18-25-17-28(26-20-38-41(3)22-26)31(19-32(25)45-4)43-15-13-42(14-16-43)27-9-7-8-10-27/h11-12,17,19-22,27H,7-10,13-16,18H2,1-6H3,(H,37,39,40). The lowest BCUT2D eigenvalue weighted by atomic mass is 9.99. The normalized spacial score (nSPS) is 16.3. The minimum atomic E-state index is -2.56. The molecule has 0 spiro atoms. The molecule has 3 heterocycles. The van der Waals surface area contributed by atoms with E-state index in [1.165, 1.54) is 31.4 Å². The van der Waals surface area contributed by atoms with E-state index >= 15 is 0 Å². The molecule has 0 atom stereocenters. The quantitative estimate of drug-likeness (QED) is 0.188. The molecule has 2 aromatic heterocycles. The van der Waals surface area contributed by atoms with E-state index in [1.54, 1.807) is 13.3 Å². The zero-order chi connectivity index (χ0) is 32.6. The van der Waals surface area contributed by atoms with Crippen molar-refractivity contribution in [3.8, 4) is 16.9 Å². The highest BCUT2D eigenvalue weighted by Crippen LogP contribution is 2.42. The molecule has 2 aliphatic rings. The number of aryl methyl sites for hydroxylation is 2.